The largest absolute Gasteiger partial charge is 0.356 e. The van der Waals surface area contributed by atoms with Crippen molar-refractivity contribution in [3.8, 4) is 0 Å². The molecule has 1 amide bonds. The van der Waals surface area contributed by atoms with Crippen molar-refractivity contribution in [2.45, 2.75) is 25.7 Å². The van der Waals surface area contributed by atoms with E-state index in [4.69, 9.17) is 5.73 Å². The van der Waals surface area contributed by atoms with E-state index < -0.39 is 0 Å². The third-order valence-electron chi connectivity index (χ3n) is 2.32. The summed E-state index contributed by atoms with van der Waals surface area (Å²) in [6.45, 7) is 1.33. The van der Waals surface area contributed by atoms with Crippen LogP contribution in [0.3, 0.4) is 0 Å². The Morgan fingerprint density at radius 1 is 1.44 bits per heavy atom. The fraction of sp³-hybridized carbons (Fsp3) is 0.500. The highest BCUT2D eigenvalue weighted by atomic mass is 16.1. The lowest BCUT2D eigenvalue weighted by molar-refractivity contribution is -0.121. The molecule has 0 aliphatic rings. The maximum atomic E-state index is 11.3. The summed E-state index contributed by atoms with van der Waals surface area (Å²) in [5.41, 5.74) is 6.50. The Balaban J connectivity index is 2.09. The first-order valence-electron chi connectivity index (χ1n) is 5.68. The highest BCUT2D eigenvalue weighted by molar-refractivity contribution is 5.75. The van der Waals surface area contributed by atoms with Crippen molar-refractivity contribution < 1.29 is 4.79 Å². The lowest BCUT2D eigenvalue weighted by Gasteiger charge is -2.04. The van der Waals surface area contributed by atoms with Crippen LogP contribution >= 0.6 is 0 Å². The predicted octanol–water partition coefficient (Wildman–Crippen LogP) is 0.869. The van der Waals surface area contributed by atoms with Crippen molar-refractivity contribution >= 4 is 5.91 Å². The fourth-order valence-corrected chi connectivity index (χ4v) is 1.41. The number of nitrogens with two attached hydrogens (primary N) is 1. The minimum absolute atomic E-state index is 0.109. The zero-order valence-corrected chi connectivity index (χ0v) is 9.48. The molecule has 0 unspecified atom stereocenters. The molecule has 0 aliphatic heterocycles. The molecule has 0 aromatic carbocycles. The molecule has 0 radical (unpaired) electrons. The van der Waals surface area contributed by atoms with Gasteiger partial charge in [0.15, 0.2) is 0 Å². The lowest BCUT2D eigenvalue weighted by atomic mass is 10.2. The number of nitrogens with one attached hydrogen (secondary N) is 1. The molecule has 1 aromatic rings. The molecule has 4 nitrogen and oxygen atoms in total. The van der Waals surface area contributed by atoms with Gasteiger partial charge in [-0.15, -0.1) is 0 Å². The molecule has 3 N–H and O–H groups in total. The highest BCUT2D eigenvalue weighted by Crippen LogP contribution is 1.96. The molecule has 4 heteroatoms. The number of hydrogen-bond donors (Lipinski definition) is 2. The summed E-state index contributed by atoms with van der Waals surface area (Å²) in [7, 11) is 0. The van der Waals surface area contributed by atoms with Gasteiger partial charge in [-0.1, -0.05) is 6.07 Å². The van der Waals surface area contributed by atoms with Gasteiger partial charge in [0, 0.05) is 25.4 Å². The standard InChI is InChI=1S/C12H19N3O/c13-7-2-1-5-12(16)15-9-6-11-4-3-8-14-10-11/h3-4,8,10H,1-2,5-7,9,13H2,(H,15,16). The minimum atomic E-state index is 0.109. The maximum Gasteiger partial charge on any atom is 0.220 e. The molecule has 1 heterocycles. The zero-order chi connectivity index (χ0) is 11.6. The Bertz CT molecular complexity index is 300. The minimum Gasteiger partial charge on any atom is -0.356 e. The molecule has 88 valence electrons. The average molecular weight is 221 g/mol. The first kappa shape index (κ1) is 12.6. The van der Waals surface area contributed by atoms with E-state index in [1.54, 1.807) is 6.20 Å². The quantitative estimate of drug-likeness (QED) is 0.671. The SMILES string of the molecule is NCCCCC(=O)NCCc1cccnc1. The van der Waals surface area contributed by atoms with Gasteiger partial charge >= 0.3 is 0 Å². The molecule has 0 fully saturated rings. The summed E-state index contributed by atoms with van der Waals surface area (Å²) in [6, 6.07) is 3.91. The summed E-state index contributed by atoms with van der Waals surface area (Å²) in [4.78, 5) is 15.4. The Hall–Kier alpha value is -1.42. The summed E-state index contributed by atoms with van der Waals surface area (Å²) < 4.78 is 0. The molecule has 0 spiro atoms. The first-order chi connectivity index (χ1) is 7.83. The van der Waals surface area contributed by atoms with Crippen molar-refractivity contribution in [3.63, 3.8) is 0 Å². The van der Waals surface area contributed by atoms with E-state index in [-0.39, 0.29) is 5.91 Å². The first-order valence-corrected chi connectivity index (χ1v) is 5.68. The average Bonchev–Trinajstić information content (AvgIpc) is 2.31. The second-order valence-electron chi connectivity index (χ2n) is 3.71. The Labute approximate surface area is 96.3 Å². The van der Waals surface area contributed by atoms with Crippen LogP contribution in [0.15, 0.2) is 24.5 Å². The van der Waals surface area contributed by atoms with Gasteiger partial charge in [0.05, 0.1) is 0 Å². The maximum absolute atomic E-state index is 11.3. The third kappa shape index (κ3) is 5.46. The van der Waals surface area contributed by atoms with Crippen LogP contribution in [-0.4, -0.2) is 24.0 Å². The number of amides is 1. The number of unbranched alkanes of at least 4 members (excludes halogenated alkanes) is 1. The summed E-state index contributed by atoms with van der Waals surface area (Å²) in [5.74, 6) is 0.109. The molecular formula is C12H19N3O. The smallest absolute Gasteiger partial charge is 0.220 e. The summed E-state index contributed by atoms with van der Waals surface area (Å²) >= 11 is 0. The van der Waals surface area contributed by atoms with E-state index >= 15 is 0 Å². The zero-order valence-electron chi connectivity index (χ0n) is 9.48. The molecule has 0 aliphatic carbocycles. The normalized spacial score (nSPS) is 10.1. The van der Waals surface area contributed by atoms with Crippen LogP contribution in [0.25, 0.3) is 0 Å². The van der Waals surface area contributed by atoms with E-state index in [2.05, 4.69) is 10.3 Å². The monoisotopic (exact) mass is 221 g/mol. The van der Waals surface area contributed by atoms with E-state index in [0.717, 1.165) is 24.8 Å². The molecule has 0 bridgehead atoms. The number of rotatable bonds is 7. The number of carbonyl (C=O) groups is 1. The van der Waals surface area contributed by atoms with Crippen LogP contribution in [0, 0.1) is 0 Å². The van der Waals surface area contributed by atoms with Gasteiger partial charge in [0.1, 0.15) is 0 Å². The third-order valence-corrected chi connectivity index (χ3v) is 2.32. The van der Waals surface area contributed by atoms with E-state index in [1.807, 2.05) is 18.3 Å². The van der Waals surface area contributed by atoms with Crippen LogP contribution < -0.4 is 11.1 Å². The molecule has 0 saturated carbocycles. The van der Waals surface area contributed by atoms with Gasteiger partial charge in [-0.2, -0.15) is 0 Å². The van der Waals surface area contributed by atoms with Crippen LogP contribution in [0.2, 0.25) is 0 Å². The lowest BCUT2D eigenvalue weighted by Crippen LogP contribution is -2.25. The van der Waals surface area contributed by atoms with Crippen molar-refractivity contribution in [1.29, 1.82) is 0 Å². The van der Waals surface area contributed by atoms with Crippen LogP contribution in [0.4, 0.5) is 0 Å². The molecule has 1 aromatic heterocycles. The van der Waals surface area contributed by atoms with Crippen molar-refractivity contribution in [1.82, 2.24) is 10.3 Å². The number of aromatic nitrogens is 1. The molecule has 1 rings (SSSR count). The van der Waals surface area contributed by atoms with Crippen molar-refractivity contribution in [2.24, 2.45) is 5.73 Å². The van der Waals surface area contributed by atoms with E-state index in [9.17, 15) is 4.79 Å². The number of pyridine rings is 1. The van der Waals surface area contributed by atoms with Gasteiger partial charge in [0.25, 0.3) is 0 Å². The highest BCUT2D eigenvalue weighted by Gasteiger charge is 1.99. The van der Waals surface area contributed by atoms with Gasteiger partial charge in [-0.25, -0.2) is 0 Å². The van der Waals surface area contributed by atoms with Crippen molar-refractivity contribution in [3.05, 3.63) is 30.1 Å². The van der Waals surface area contributed by atoms with E-state index in [0.29, 0.717) is 19.5 Å². The second-order valence-corrected chi connectivity index (χ2v) is 3.71. The molecule has 0 atom stereocenters. The Kier molecular flexibility index (Phi) is 6.18. The van der Waals surface area contributed by atoms with Crippen LogP contribution in [-0.2, 0) is 11.2 Å². The summed E-state index contributed by atoms with van der Waals surface area (Å²) in [6.07, 6.45) is 6.75. The number of hydrogen-bond acceptors (Lipinski definition) is 3. The summed E-state index contributed by atoms with van der Waals surface area (Å²) in [5, 5.41) is 2.88. The van der Waals surface area contributed by atoms with Gasteiger partial charge in [-0.05, 0) is 37.4 Å². The van der Waals surface area contributed by atoms with Crippen LogP contribution in [0.5, 0.6) is 0 Å². The Morgan fingerprint density at radius 2 is 2.31 bits per heavy atom. The van der Waals surface area contributed by atoms with Crippen molar-refractivity contribution in [2.75, 3.05) is 13.1 Å². The predicted molar refractivity (Wildman–Crippen MR) is 63.9 cm³/mol. The Morgan fingerprint density at radius 3 is 3.00 bits per heavy atom. The second kappa shape index (κ2) is 7.82. The van der Waals surface area contributed by atoms with Crippen LogP contribution in [0.1, 0.15) is 24.8 Å². The fourth-order valence-electron chi connectivity index (χ4n) is 1.41. The number of carbonyl (C=O) groups excluding carboxylic acids is 1. The van der Waals surface area contributed by atoms with Gasteiger partial charge in [-0.3, -0.25) is 9.78 Å². The molecule has 0 saturated heterocycles. The van der Waals surface area contributed by atoms with E-state index in [1.165, 1.54) is 0 Å². The molecular weight excluding hydrogens is 202 g/mol. The van der Waals surface area contributed by atoms with Gasteiger partial charge < -0.3 is 11.1 Å². The van der Waals surface area contributed by atoms with Gasteiger partial charge in [0.2, 0.25) is 5.91 Å². The number of nitrogens with zero attached hydrogens (tertiary/aromatic N) is 1. The topological polar surface area (TPSA) is 68.0 Å². The molecule has 16 heavy (non-hydrogen) atoms.